The summed E-state index contributed by atoms with van der Waals surface area (Å²) in [5, 5.41) is 2.61. The fourth-order valence-electron chi connectivity index (χ4n) is 1.39. The van der Waals surface area contributed by atoms with Gasteiger partial charge in [-0.2, -0.15) is 0 Å². The molecule has 0 aliphatic carbocycles. The van der Waals surface area contributed by atoms with Crippen molar-refractivity contribution in [3.8, 4) is 5.75 Å². The highest BCUT2D eigenvalue weighted by molar-refractivity contribution is 7.90. The molecule has 1 rings (SSSR count). The first-order valence-corrected chi connectivity index (χ1v) is 8.26. The van der Waals surface area contributed by atoms with Crippen LogP contribution in [0, 0.1) is 5.82 Å². The van der Waals surface area contributed by atoms with Crippen LogP contribution in [0.15, 0.2) is 24.3 Å². The highest BCUT2D eigenvalue weighted by Crippen LogP contribution is 2.10. The van der Waals surface area contributed by atoms with Crippen molar-refractivity contribution in [1.29, 1.82) is 0 Å². The van der Waals surface area contributed by atoms with Crippen LogP contribution in [0.3, 0.4) is 0 Å². The summed E-state index contributed by atoms with van der Waals surface area (Å²) in [5.74, 6) is -0.201. The van der Waals surface area contributed by atoms with Gasteiger partial charge in [0.2, 0.25) is 5.91 Å². The summed E-state index contributed by atoms with van der Waals surface area (Å²) in [6.45, 7) is 0.793. The number of halogens is 1. The van der Waals surface area contributed by atoms with Gasteiger partial charge in [0.25, 0.3) is 0 Å². The fraction of sp³-hybridized carbons (Fsp3) is 0.462. The Kier molecular flexibility index (Phi) is 6.44. The van der Waals surface area contributed by atoms with E-state index in [1.165, 1.54) is 24.3 Å². The van der Waals surface area contributed by atoms with Crippen LogP contribution in [0.25, 0.3) is 0 Å². The van der Waals surface area contributed by atoms with Gasteiger partial charge in [0.15, 0.2) is 0 Å². The zero-order valence-electron chi connectivity index (χ0n) is 11.3. The van der Waals surface area contributed by atoms with Crippen LogP contribution in [0.4, 0.5) is 4.39 Å². The molecular weight excluding hydrogens is 285 g/mol. The fourth-order valence-corrected chi connectivity index (χ4v) is 1.94. The SMILES string of the molecule is CS(=O)(=O)CCC(=O)NCCCOc1ccc(F)cc1. The molecule has 0 saturated heterocycles. The molecule has 1 aromatic rings. The molecular formula is C13H18FNO4S. The lowest BCUT2D eigenvalue weighted by molar-refractivity contribution is -0.120. The molecule has 0 heterocycles. The molecule has 0 unspecified atom stereocenters. The average Bonchev–Trinajstić information content (AvgIpc) is 2.37. The molecule has 5 nitrogen and oxygen atoms in total. The molecule has 0 radical (unpaired) electrons. The Hall–Kier alpha value is -1.63. The van der Waals surface area contributed by atoms with Crippen molar-refractivity contribution in [2.75, 3.05) is 25.2 Å². The first-order valence-electron chi connectivity index (χ1n) is 6.19. The molecule has 0 fully saturated rings. The summed E-state index contributed by atoms with van der Waals surface area (Å²) in [6, 6.07) is 5.67. The van der Waals surface area contributed by atoms with Crippen LogP contribution < -0.4 is 10.1 Å². The number of ether oxygens (including phenoxy) is 1. The van der Waals surface area contributed by atoms with Crippen molar-refractivity contribution in [3.63, 3.8) is 0 Å². The minimum atomic E-state index is -3.11. The van der Waals surface area contributed by atoms with Crippen molar-refractivity contribution in [2.24, 2.45) is 0 Å². The number of hydrogen-bond donors (Lipinski definition) is 1. The van der Waals surface area contributed by atoms with Crippen molar-refractivity contribution in [2.45, 2.75) is 12.8 Å². The summed E-state index contributed by atoms with van der Waals surface area (Å²) in [6.07, 6.45) is 1.65. The second kappa shape index (κ2) is 7.84. The van der Waals surface area contributed by atoms with Crippen molar-refractivity contribution in [3.05, 3.63) is 30.1 Å². The molecule has 112 valence electrons. The molecule has 20 heavy (non-hydrogen) atoms. The van der Waals surface area contributed by atoms with Gasteiger partial charge in [-0.15, -0.1) is 0 Å². The molecule has 0 saturated carbocycles. The lowest BCUT2D eigenvalue weighted by Gasteiger charge is -2.07. The molecule has 0 aliphatic heterocycles. The van der Waals surface area contributed by atoms with Crippen LogP contribution >= 0.6 is 0 Å². The standard InChI is InChI=1S/C13H18FNO4S/c1-20(17,18)10-7-13(16)15-8-2-9-19-12-5-3-11(14)4-6-12/h3-6H,2,7-10H2,1H3,(H,15,16). The van der Waals surface area contributed by atoms with E-state index in [-0.39, 0.29) is 23.9 Å². The van der Waals surface area contributed by atoms with E-state index in [4.69, 9.17) is 4.74 Å². The van der Waals surface area contributed by atoms with Gasteiger partial charge in [-0.25, -0.2) is 12.8 Å². The quantitative estimate of drug-likeness (QED) is 0.731. The van der Waals surface area contributed by atoms with Crippen LogP contribution in [0.5, 0.6) is 5.75 Å². The van der Waals surface area contributed by atoms with E-state index in [1.54, 1.807) is 0 Å². The first-order chi connectivity index (χ1) is 9.37. The summed E-state index contributed by atoms with van der Waals surface area (Å²) < 4.78 is 39.7. The number of amides is 1. The van der Waals surface area contributed by atoms with E-state index in [0.717, 1.165) is 6.26 Å². The molecule has 7 heteroatoms. The van der Waals surface area contributed by atoms with Crippen molar-refractivity contribution in [1.82, 2.24) is 5.32 Å². The van der Waals surface area contributed by atoms with Crippen LogP contribution in [-0.4, -0.2) is 39.5 Å². The van der Waals surface area contributed by atoms with Gasteiger partial charge in [-0.05, 0) is 30.7 Å². The third kappa shape index (κ3) is 7.73. The van der Waals surface area contributed by atoms with Gasteiger partial charge in [-0.3, -0.25) is 4.79 Å². The van der Waals surface area contributed by atoms with Gasteiger partial charge < -0.3 is 10.1 Å². The molecule has 0 bridgehead atoms. The van der Waals surface area contributed by atoms with Crippen molar-refractivity contribution < 1.29 is 22.3 Å². The number of hydrogen-bond acceptors (Lipinski definition) is 4. The second-order valence-corrected chi connectivity index (χ2v) is 6.65. The highest BCUT2D eigenvalue weighted by atomic mass is 32.2. The number of sulfone groups is 1. The maximum absolute atomic E-state index is 12.6. The van der Waals surface area contributed by atoms with Gasteiger partial charge in [0.1, 0.15) is 21.4 Å². The third-order valence-electron chi connectivity index (χ3n) is 2.43. The minimum absolute atomic E-state index is 0.0301. The lowest BCUT2D eigenvalue weighted by Crippen LogP contribution is -2.27. The maximum Gasteiger partial charge on any atom is 0.221 e. The van der Waals surface area contributed by atoms with E-state index < -0.39 is 9.84 Å². The van der Waals surface area contributed by atoms with Gasteiger partial charge in [-0.1, -0.05) is 0 Å². The maximum atomic E-state index is 12.6. The normalized spacial score (nSPS) is 11.1. The minimum Gasteiger partial charge on any atom is -0.494 e. The number of carbonyl (C=O) groups is 1. The second-order valence-electron chi connectivity index (χ2n) is 4.39. The molecule has 1 aromatic carbocycles. The van der Waals surface area contributed by atoms with Gasteiger partial charge in [0, 0.05) is 19.2 Å². The van der Waals surface area contributed by atoms with E-state index in [1.807, 2.05) is 0 Å². The number of nitrogens with one attached hydrogen (secondary N) is 1. The molecule has 0 aromatic heterocycles. The predicted octanol–water partition coefficient (Wildman–Crippen LogP) is 1.15. The van der Waals surface area contributed by atoms with Crippen LogP contribution in [0.2, 0.25) is 0 Å². The topological polar surface area (TPSA) is 72.5 Å². The monoisotopic (exact) mass is 303 g/mol. The van der Waals surface area contributed by atoms with E-state index in [0.29, 0.717) is 25.3 Å². The molecule has 1 amide bonds. The third-order valence-corrected chi connectivity index (χ3v) is 3.37. The Balaban J connectivity index is 2.10. The van der Waals surface area contributed by atoms with E-state index >= 15 is 0 Å². The predicted molar refractivity (Wildman–Crippen MR) is 73.8 cm³/mol. The van der Waals surface area contributed by atoms with E-state index in [9.17, 15) is 17.6 Å². The average molecular weight is 303 g/mol. The van der Waals surface area contributed by atoms with Gasteiger partial charge in [0.05, 0.1) is 12.4 Å². The Morgan fingerprint density at radius 2 is 1.95 bits per heavy atom. The summed E-state index contributed by atoms with van der Waals surface area (Å²) in [7, 11) is -3.11. The highest BCUT2D eigenvalue weighted by Gasteiger charge is 2.07. The first kappa shape index (κ1) is 16.4. The smallest absolute Gasteiger partial charge is 0.221 e. The summed E-state index contributed by atoms with van der Waals surface area (Å²) in [5.41, 5.74) is 0. The van der Waals surface area contributed by atoms with Crippen LogP contribution in [0.1, 0.15) is 12.8 Å². The Bertz CT molecular complexity index is 528. The molecule has 0 aliphatic rings. The number of benzene rings is 1. The zero-order valence-corrected chi connectivity index (χ0v) is 12.1. The Labute approximate surface area is 118 Å². The van der Waals surface area contributed by atoms with Crippen LogP contribution in [-0.2, 0) is 14.6 Å². The Morgan fingerprint density at radius 3 is 2.55 bits per heavy atom. The molecule has 1 N–H and O–H groups in total. The summed E-state index contributed by atoms with van der Waals surface area (Å²) in [4.78, 5) is 11.3. The van der Waals surface area contributed by atoms with E-state index in [2.05, 4.69) is 5.32 Å². The van der Waals surface area contributed by atoms with Gasteiger partial charge >= 0.3 is 0 Å². The number of carbonyl (C=O) groups excluding carboxylic acids is 1. The summed E-state index contributed by atoms with van der Waals surface area (Å²) >= 11 is 0. The number of rotatable bonds is 8. The largest absolute Gasteiger partial charge is 0.494 e. The zero-order chi connectivity index (χ0) is 15.0. The van der Waals surface area contributed by atoms with Crippen molar-refractivity contribution >= 4 is 15.7 Å². The Morgan fingerprint density at radius 1 is 1.30 bits per heavy atom. The lowest BCUT2D eigenvalue weighted by atomic mass is 10.3. The molecule has 0 spiro atoms. The molecule has 0 atom stereocenters.